The van der Waals surface area contributed by atoms with Crippen molar-refractivity contribution in [1.29, 1.82) is 0 Å². The number of hydrogen-bond donors (Lipinski definition) is 3. The van der Waals surface area contributed by atoms with E-state index in [1.54, 1.807) is 0 Å². The largest absolute Gasteiger partial charge is 0.462 e. The van der Waals surface area contributed by atoms with E-state index < -0.39 is 18.2 Å². The van der Waals surface area contributed by atoms with Gasteiger partial charge < -0.3 is 20.3 Å². The fourth-order valence-corrected chi connectivity index (χ4v) is 6.11. The summed E-state index contributed by atoms with van der Waals surface area (Å²) in [4.78, 5) is 25.9. The first-order valence-electron chi connectivity index (χ1n) is 21.7. The van der Waals surface area contributed by atoms with E-state index in [4.69, 9.17) is 4.74 Å². The Balaban J connectivity index is 4.79. The van der Waals surface area contributed by atoms with E-state index in [1.807, 2.05) is 54.7 Å². The van der Waals surface area contributed by atoms with Crippen molar-refractivity contribution in [2.75, 3.05) is 6.61 Å². The van der Waals surface area contributed by atoms with Gasteiger partial charge in [-0.15, -0.1) is 0 Å². The molecule has 0 saturated heterocycles. The first kappa shape index (κ1) is 50.3. The Morgan fingerprint density at radius 2 is 1.06 bits per heavy atom. The lowest BCUT2D eigenvalue weighted by Gasteiger charge is -2.24. The van der Waals surface area contributed by atoms with Crippen LogP contribution in [0, 0.1) is 0 Å². The minimum Gasteiger partial charge on any atom is -0.462 e. The summed E-state index contributed by atoms with van der Waals surface area (Å²) in [6.07, 6.45) is 49.7. The highest BCUT2D eigenvalue weighted by molar-refractivity contribution is 5.77. The molecule has 1 amide bonds. The van der Waals surface area contributed by atoms with Crippen LogP contribution in [0.1, 0.15) is 188 Å². The van der Waals surface area contributed by atoms with Gasteiger partial charge in [0, 0.05) is 6.42 Å². The fourth-order valence-electron chi connectivity index (χ4n) is 6.11. The summed E-state index contributed by atoms with van der Waals surface area (Å²) in [6.45, 7) is 6.26. The first-order chi connectivity index (χ1) is 26.0. The summed E-state index contributed by atoms with van der Waals surface area (Å²) in [5.41, 5.74) is 0. The Kier molecular flexibility index (Phi) is 38.4. The van der Waals surface area contributed by atoms with Gasteiger partial charge in [-0.3, -0.25) is 9.59 Å². The number of aliphatic hydroxyl groups is 2. The Hall–Kier alpha value is -2.70. The van der Waals surface area contributed by atoms with Gasteiger partial charge >= 0.3 is 5.97 Å². The van der Waals surface area contributed by atoms with Crippen LogP contribution in [0.15, 0.2) is 72.9 Å². The molecule has 0 aromatic heterocycles. The van der Waals surface area contributed by atoms with Gasteiger partial charge in [0.1, 0.15) is 6.10 Å². The molecule has 3 unspecified atom stereocenters. The molecule has 304 valence electrons. The monoisotopic (exact) mass is 740 g/mol. The second kappa shape index (κ2) is 40.5. The Morgan fingerprint density at radius 1 is 0.566 bits per heavy atom. The van der Waals surface area contributed by atoms with E-state index in [0.717, 1.165) is 51.4 Å². The van der Waals surface area contributed by atoms with Gasteiger partial charge in [0.05, 0.1) is 25.2 Å². The number of unbranched alkanes of at least 4 members (excludes halogenated alkanes) is 17. The van der Waals surface area contributed by atoms with Crippen molar-refractivity contribution in [3.63, 3.8) is 0 Å². The second-order valence-corrected chi connectivity index (χ2v) is 14.5. The number of amides is 1. The number of carbonyl (C=O) groups excluding carboxylic acids is 2. The van der Waals surface area contributed by atoms with Crippen LogP contribution in [0.3, 0.4) is 0 Å². The quantitative estimate of drug-likeness (QED) is 0.0255. The predicted molar refractivity (Wildman–Crippen MR) is 227 cm³/mol. The highest BCUT2D eigenvalue weighted by Crippen LogP contribution is 2.16. The molecule has 0 aliphatic heterocycles. The van der Waals surface area contributed by atoms with Crippen LogP contribution in [0.25, 0.3) is 0 Å². The number of ether oxygens (including phenoxy) is 1. The van der Waals surface area contributed by atoms with Gasteiger partial charge in [-0.05, 0) is 57.8 Å². The molecule has 0 aromatic rings. The van der Waals surface area contributed by atoms with Crippen LogP contribution < -0.4 is 5.32 Å². The average Bonchev–Trinajstić information content (AvgIpc) is 3.15. The van der Waals surface area contributed by atoms with Crippen LogP contribution in [-0.4, -0.2) is 46.9 Å². The molecular weight excluding hydrogens is 659 g/mol. The maximum Gasteiger partial charge on any atom is 0.306 e. The Bertz CT molecular complexity index is 1010. The first-order valence-corrected chi connectivity index (χ1v) is 21.7. The molecule has 0 aliphatic rings. The van der Waals surface area contributed by atoms with Crippen LogP contribution in [-0.2, 0) is 14.3 Å². The molecule has 0 rings (SSSR count). The van der Waals surface area contributed by atoms with Crippen LogP contribution >= 0.6 is 0 Å². The molecule has 0 spiro atoms. The number of allylic oxidation sites excluding steroid dienone is 12. The lowest BCUT2D eigenvalue weighted by molar-refractivity contribution is -0.151. The van der Waals surface area contributed by atoms with Crippen molar-refractivity contribution in [2.45, 2.75) is 206 Å². The molecule has 0 aromatic carbocycles. The number of nitrogens with one attached hydrogen (secondary N) is 1. The highest BCUT2D eigenvalue weighted by Gasteiger charge is 2.23. The lowest BCUT2D eigenvalue weighted by atomic mass is 10.0. The summed E-state index contributed by atoms with van der Waals surface area (Å²) < 4.78 is 5.83. The van der Waals surface area contributed by atoms with E-state index in [9.17, 15) is 19.8 Å². The fraction of sp³-hybridized carbons (Fsp3) is 0.702. The molecule has 3 atom stereocenters. The molecule has 6 nitrogen and oxygen atoms in total. The van der Waals surface area contributed by atoms with E-state index in [-0.39, 0.29) is 31.3 Å². The summed E-state index contributed by atoms with van der Waals surface area (Å²) in [7, 11) is 0. The molecule has 0 aliphatic carbocycles. The lowest BCUT2D eigenvalue weighted by Crippen LogP contribution is -2.46. The maximum atomic E-state index is 13.1. The van der Waals surface area contributed by atoms with Crippen molar-refractivity contribution >= 4 is 11.9 Å². The topological polar surface area (TPSA) is 95.9 Å². The number of esters is 1. The molecule has 3 N–H and O–H groups in total. The summed E-state index contributed by atoms with van der Waals surface area (Å²) in [5, 5.41) is 23.5. The van der Waals surface area contributed by atoms with Gasteiger partial charge in [0.2, 0.25) is 5.91 Å². The molecule has 53 heavy (non-hydrogen) atoms. The minimum absolute atomic E-state index is 0.0248. The average molecular weight is 740 g/mol. The van der Waals surface area contributed by atoms with Gasteiger partial charge in [0.15, 0.2) is 0 Å². The van der Waals surface area contributed by atoms with Gasteiger partial charge in [-0.2, -0.15) is 0 Å². The zero-order chi connectivity index (χ0) is 38.9. The standard InChI is InChI=1S/C47H81NO5/c1-4-7-10-13-16-19-21-23-25-28-31-34-37-40-47(52)53-43(38-35-32-29-27-24-22-20-17-14-11-8-5-2)41-46(51)48-44(42-49)45(50)39-36-33-30-26-18-15-12-9-6-3/h7,10,13,16,19,21,23,25,27-29,31,43-45,49-50H,4-6,8-9,11-12,14-15,17-18,20,22,24,26,30,32-42H2,1-3H3,(H,48,51)/b10-7+,16-13+,21-19-,25-23-,29-27-,31-28+. The number of hydrogen-bond acceptors (Lipinski definition) is 5. The third-order valence-electron chi connectivity index (χ3n) is 9.40. The van der Waals surface area contributed by atoms with Crippen LogP contribution in [0.2, 0.25) is 0 Å². The van der Waals surface area contributed by atoms with E-state index in [2.05, 4.69) is 44.3 Å². The molecule has 6 heteroatoms. The van der Waals surface area contributed by atoms with Crippen molar-refractivity contribution in [2.24, 2.45) is 0 Å². The van der Waals surface area contributed by atoms with Crippen molar-refractivity contribution in [3.05, 3.63) is 72.9 Å². The Labute approximate surface area is 326 Å². The highest BCUT2D eigenvalue weighted by atomic mass is 16.5. The van der Waals surface area contributed by atoms with Crippen molar-refractivity contribution in [1.82, 2.24) is 5.32 Å². The summed E-state index contributed by atoms with van der Waals surface area (Å²) in [5.74, 6) is -0.601. The zero-order valence-corrected chi connectivity index (χ0v) is 34.4. The zero-order valence-electron chi connectivity index (χ0n) is 34.4. The second-order valence-electron chi connectivity index (χ2n) is 14.5. The van der Waals surface area contributed by atoms with E-state index in [0.29, 0.717) is 19.3 Å². The molecular formula is C47H81NO5. The number of carbonyl (C=O) groups is 2. The normalized spacial score (nSPS) is 14.1. The third-order valence-corrected chi connectivity index (χ3v) is 9.40. The third kappa shape index (κ3) is 36.1. The van der Waals surface area contributed by atoms with Gasteiger partial charge in [-0.25, -0.2) is 0 Å². The van der Waals surface area contributed by atoms with E-state index in [1.165, 1.54) is 83.5 Å². The van der Waals surface area contributed by atoms with E-state index >= 15 is 0 Å². The minimum atomic E-state index is -0.806. The smallest absolute Gasteiger partial charge is 0.306 e. The maximum absolute atomic E-state index is 13.1. The van der Waals surface area contributed by atoms with Gasteiger partial charge in [-0.1, -0.05) is 190 Å². The van der Waals surface area contributed by atoms with Crippen LogP contribution in [0.5, 0.6) is 0 Å². The summed E-state index contributed by atoms with van der Waals surface area (Å²) in [6, 6.07) is -0.724. The molecule has 0 heterocycles. The molecule has 0 fully saturated rings. The van der Waals surface area contributed by atoms with Crippen LogP contribution in [0.4, 0.5) is 0 Å². The SMILES string of the molecule is CC/C=C/C=C/C=C\C=C/C=C/CCCC(=O)OC(CCC/C=C\CCCCCCCCC)CC(=O)NC(CO)C(O)CCCCCCCCCCC. The molecule has 0 radical (unpaired) electrons. The van der Waals surface area contributed by atoms with Crippen molar-refractivity contribution in [3.8, 4) is 0 Å². The van der Waals surface area contributed by atoms with Crippen molar-refractivity contribution < 1.29 is 24.5 Å². The Morgan fingerprint density at radius 3 is 1.62 bits per heavy atom. The number of aliphatic hydroxyl groups excluding tert-OH is 2. The number of rotatable bonds is 37. The predicted octanol–water partition coefficient (Wildman–Crippen LogP) is 12.3. The van der Waals surface area contributed by atoms with Gasteiger partial charge in [0.25, 0.3) is 0 Å². The summed E-state index contributed by atoms with van der Waals surface area (Å²) >= 11 is 0. The molecule has 0 saturated carbocycles. The molecule has 0 bridgehead atoms.